The van der Waals surface area contributed by atoms with E-state index in [4.69, 9.17) is 0 Å². The first-order valence-electron chi connectivity index (χ1n) is 10.7. The number of nitrogens with zero attached hydrogens (tertiary/aromatic N) is 3. The molecule has 0 radical (unpaired) electrons. The predicted octanol–water partition coefficient (Wildman–Crippen LogP) is 4.10. The zero-order valence-electron chi connectivity index (χ0n) is 18.0. The van der Waals surface area contributed by atoms with Gasteiger partial charge in [-0.15, -0.1) is 13.2 Å². The maximum Gasteiger partial charge on any atom is 0.573 e. The molecule has 5 rings (SSSR count). The summed E-state index contributed by atoms with van der Waals surface area (Å²) in [6.45, 7) is 5.73. The Morgan fingerprint density at radius 2 is 1.73 bits per heavy atom. The van der Waals surface area contributed by atoms with E-state index in [2.05, 4.69) is 20.6 Å². The van der Waals surface area contributed by atoms with Gasteiger partial charge < -0.3 is 14.5 Å². The lowest BCUT2D eigenvalue weighted by molar-refractivity contribution is -0.274. The molecule has 0 spiro atoms. The number of halogens is 3. The summed E-state index contributed by atoms with van der Waals surface area (Å²) in [5, 5.41) is 0. The number of rotatable bonds is 3. The van der Waals surface area contributed by atoms with E-state index >= 15 is 0 Å². The molecular formula is C24H22F3N3O3. The Labute approximate surface area is 188 Å². The largest absolute Gasteiger partial charge is 0.573 e. The Bertz CT molecular complexity index is 1160. The van der Waals surface area contributed by atoms with Crippen LogP contribution >= 0.6 is 0 Å². The molecule has 3 aliphatic rings. The SMILES string of the molecule is Cc1cc(N2CCN3CCC=C3C2)cc2c1C(=O)N(C(=O)c1ccc(OC(F)(F)F)cc1)C2. The van der Waals surface area contributed by atoms with Crippen LogP contribution in [-0.2, 0) is 6.54 Å². The van der Waals surface area contributed by atoms with E-state index in [1.807, 2.05) is 19.1 Å². The van der Waals surface area contributed by atoms with Crippen LogP contribution < -0.4 is 9.64 Å². The minimum absolute atomic E-state index is 0.118. The Morgan fingerprint density at radius 3 is 2.45 bits per heavy atom. The Morgan fingerprint density at radius 1 is 1.00 bits per heavy atom. The number of ether oxygens (including phenoxy) is 1. The molecule has 2 aromatic carbocycles. The Balaban J connectivity index is 1.35. The van der Waals surface area contributed by atoms with Gasteiger partial charge in [0.05, 0.1) is 13.1 Å². The predicted molar refractivity (Wildman–Crippen MR) is 115 cm³/mol. The van der Waals surface area contributed by atoms with Crippen LogP contribution in [0.5, 0.6) is 5.75 Å². The van der Waals surface area contributed by atoms with Gasteiger partial charge in [0, 0.05) is 42.1 Å². The minimum Gasteiger partial charge on any atom is -0.406 e. The fourth-order valence-electron chi connectivity index (χ4n) is 4.77. The number of imide groups is 1. The molecule has 172 valence electrons. The summed E-state index contributed by atoms with van der Waals surface area (Å²) in [5.41, 5.74) is 4.57. The van der Waals surface area contributed by atoms with Crippen LogP contribution in [0, 0.1) is 6.92 Å². The molecule has 6 nitrogen and oxygen atoms in total. The number of piperazine rings is 1. The molecule has 1 fully saturated rings. The molecule has 0 N–H and O–H groups in total. The molecule has 3 aliphatic heterocycles. The second kappa shape index (κ2) is 7.83. The summed E-state index contributed by atoms with van der Waals surface area (Å²) in [6.07, 6.45) is -1.48. The molecule has 9 heteroatoms. The summed E-state index contributed by atoms with van der Waals surface area (Å²) >= 11 is 0. The molecule has 1 saturated heterocycles. The molecular weight excluding hydrogens is 435 g/mol. The lowest BCUT2D eigenvalue weighted by Gasteiger charge is -2.37. The van der Waals surface area contributed by atoms with E-state index < -0.39 is 23.9 Å². The van der Waals surface area contributed by atoms with E-state index in [1.54, 1.807) is 0 Å². The molecule has 0 atom stereocenters. The average Bonchev–Trinajstić information content (AvgIpc) is 3.36. The van der Waals surface area contributed by atoms with E-state index in [-0.39, 0.29) is 12.1 Å². The fraction of sp³-hybridized carbons (Fsp3) is 0.333. The fourth-order valence-corrected chi connectivity index (χ4v) is 4.77. The van der Waals surface area contributed by atoms with Crippen LogP contribution in [0.3, 0.4) is 0 Å². The lowest BCUT2D eigenvalue weighted by atomic mass is 10.0. The van der Waals surface area contributed by atoms with Crippen molar-refractivity contribution < 1.29 is 27.5 Å². The second-order valence-corrected chi connectivity index (χ2v) is 8.46. The van der Waals surface area contributed by atoms with E-state index in [9.17, 15) is 22.8 Å². The summed E-state index contributed by atoms with van der Waals surface area (Å²) < 4.78 is 40.9. The van der Waals surface area contributed by atoms with Crippen molar-refractivity contribution in [2.45, 2.75) is 26.3 Å². The third kappa shape index (κ3) is 4.03. The van der Waals surface area contributed by atoms with Gasteiger partial charge in [-0.25, -0.2) is 0 Å². The zero-order chi connectivity index (χ0) is 23.3. The molecule has 2 amide bonds. The van der Waals surface area contributed by atoms with Crippen LogP contribution in [0.2, 0.25) is 0 Å². The van der Waals surface area contributed by atoms with Gasteiger partial charge in [-0.2, -0.15) is 0 Å². The lowest BCUT2D eigenvalue weighted by Crippen LogP contribution is -2.43. The van der Waals surface area contributed by atoms with Crippen molar-refractivity contribution >= 4 is 17.5 Å². The monoisotopic (exact) mass is 457 g/mol. The standard InChI is InChI=1S/C24H22F3N3O3/c1-15-11-19(29-10-9-28-8-2-3-18(28)14-29)12-17-13-30(23(32)21(15)17)22(31)16-4-6-20(7-5-16)33-24(25,26)27/h3-7,11-12H,2,8-10,13-14H2,1H3. The number of aryl methyl sites for hydroxylation is 1. The van der Waals surface area contributed by atoms with Crippen molar-refractivity contribution in [2.75, 3.05) is 31.1 Å². The number of carbonyl (C=O) groups excluding carboxylic acids is 2. The first kappa shape index (κ1) is 21.4. The van der Waals surface area contributed by atoms with Crippen LogP contribution in [0.1, 0.15) is 38.3 Å². The van der Waals surface area contributed by atoms with Crippen molar-refractivity contribution in [3.8, 4) is 5.75 Å². The van der Waals surface area contributed by atoms with Gasteiger partial charge in [-0.05, 0) is 60.9 Å². The van der Waals surface area contributed by atoms with Gasteiger partial charge in [0.2, 0.25) is 0 Å². The molecule has 0 aromatic heterocycles. The van der Waals surface area contributed by atoms with E-state index in [0.717, 1.165) is 66.4 Å². The maximum atomic E-state index is 13.0. The van der Waals surface area contributed by atoms with E-state index in [0.29, 0.717) is 5.56 Å². The molecule has 3 heterocycles. The summed E-state index contributed by atoms with van der Waals surface area (Å²) in [7, 11) is 0. The van der Waals surface area contributed by atoms with Crippen molar-refractivity contribution in [3.63, 3.8) is 0 Å². The van der Waals surface area contributed by atoms with Gasteiger partial charge in [0.15, 0.2) is 0 Å². The van der Waals surface area contributed by atoms with Crippen molar-refractivity contribution in [1.82, 2.24) is 9.80 Å². The van der Waals surface area contributed by atoms with Gasteiger partial charge in [-0.1, -0.05) is 6.08 Å². The van der Waals surface area contributed by atoms with Crippen LogP contribution in [0.4, 0.5) is 18.9 Å². The Kier molecular flexibility index (Phi) is 5.07. The molecule has 2 aromatic rings. The number of carbonyl (C=O) groups is 2. The van der Waals surface area contributed by atoms with Crippen molar-refractivity contribution in [3.05, 3.63) is 70.4 Å². The highest BCUT2D eigenvalue weighted by Gasteiger charge is 2.35. The van der Waals surface area contributed by atoms with Crippen LogP contribution in [0.25, 0.3) is 0 Å². The number of alkyl halides is 3. The average molecular weight is 457 g/mol. The third-order valence-corrected chi connectivity index (χ3v) is 6.31. The highest BCUT2D eigenvalue weighted by Crippen LogP contribution is 2.33. The summed E-state index contributed by atoms with van der Waals surface area (Å²) in [4.78, 5) is 31.8. The highest BCUT2D eigenvalue weighted by molar-refractivity contribution is 6.13. The zero-order valence-corrected chi connectivity index (χ0v) is 18.0. The number of hydrogen-bond acceptors (Lipinski definition) is 5. The number of fused-ring (bicyclic) bond motifs is 2. The second-order valence-electron chi connectivity index (χ2n) is 8.46. The smallest absolute Gasteiger partial charge is 0.406 e. The maximum absolute atomic E-state index is 13.0. The topological polar surface area (TPSA) is 53.1 Å². The molecule has 0 saturated carbocycles. The number of benzene rings is 2. The third-order valence-electron chi connectivity index (χ3n) is 6.31. The number of amides is 2. The molecule has 0 bridgehead atoms. The highest BCUT2D eigenvalue weighted by atomic mass is 19.4. The molecule has 0 aliphatic carbocycles. The number of hydrogen-bond donors (Lipinski definition) is 0. The summed E-state index contributed by atoms with van der Waals surface area (Å²) in [6, 6.07) is 8.54. The first-order valence-corrected chi connectivity index (χ1v) is 10.7. The van der Waals surface area contributed by atoms with Crippen molar-refractivity contribution in [1.29, 1.82) is 0 Å². The van der Waals surface area contributed by atoms with Gasteiger partial charge in [-0.3, -0.25) is 14.5 Å². The van der Waals surface area contributed by atoms with Gasteiger partial charge in [0.25, 0.3) is 11.8 Å². The Hall–Kier alpha value is -3.49. The van der Waals surface area contributed by atoms with Crippen LogP contribution in [-0.4, -0.2) is 54.2 Å². The minimum atomic E-state index is -4.81. The molecule has 33 heavy (non-hydrogen) atoms. The summed E-state index contributed by atoms with van der Waals surface area (Å²) in [5.74, 6) is -1.37. The first-order chi connectivity index (χ1) is 15.7. The quantitative estimate of drug-likeness (QED) is 0.650. The van der Waals surface area contributed by atoms with Crippen LogP contribution in [0.15, 0.2) is 48.2 Å². The van der Waals surface area contributed by atoms with Crippen molar-refractivity contribution in [2.24, 2.45) is 0 Å². The van der Waals surface area contributed by atoms with Gasteiger partial charge in [0.1, 0.15) is 5.75 Å². The van der Waals surface area contributed by atoms with E-state index in [1.165, 1.54) is 17.8 Å². The normalized spacial score (nSPS) is 17.8. The number of anilines is 1. The molecule has 0 unspecified atom stereocenters. The van der Waals surface area contributed by atoms with Gasteiger partial charge >= 0.3 is 6.36 Å².